The fourth-order valence-electron chi connectivity index (χ4n) is 5.84. The minimum atomic E-state index is -1.03. The van der Waals surface area contributed by atoms with Crippen molar-refractivity contribution in [2.75, 3.05) is 13.7 Å². The Labute approximate surface area is 219 Å². The van der Waals surface area contributed by atoms with Gasteiger partial charge in [-0.05, 0) is 33.1 Å². The van der Waals surface area contributed by atoms with Crippen LogP contribution >= 0.6 is 0 Å². The molecule has 3 saturated heterocycles. The second kappa shape index (κ2) is 11.9. The number of ketones is 1. The average Bonchev–Trinajstić information content (AvgIpc) is 3.65. The van der Waals surface area contributed by atoms with Gasteiger partial charge < -0.3 is 39.0 Å². The molecule has 10 nitrogen and oxygen atoms in total. The van der Waals surface area contributed by atoms with E-state index in [2.05, 4.69) is 0 Å². The van der Waals surface area contributed by atoms with Gasteiger partial charge in [0, 0.05) is 31.3 Å². The van der Waals surface area contributed by atoms with E-state index in [-0.39, 0.29) is 24.7 Å². The number of rotatable bonds is 3. The van der Waals surface area contributed by atoms with Gasteiger partial charge in [0.15, 0.2) is 17.7 Å². The number of carbonyl (C=O) groups is 2. The van der Waals surface area contributed by atoms with Crippen molar-refractivity contribution in [3.8, 4) is 0 Å². The number of hydrogen-bond acceptors (Lipinski definition) is 10. The van der Waals surface area contributed by atoms with Crippen LogP contribution in [0.4, 0.5) is 0 Å². The summed E-state index contributed by atoms with van der Waals surface area (Å²) in [4.78, 5) is 26.6. The zero-order valence-electron chi connectivity index (χ0n) is 23.3. The number of cyclic esters (lactones) is 1. The number of Topliss-reactive ketones (excluding diaryl/α,β-unsaturated/α-hetero) is 1. The third-order valence-corrected chi connectivity index (χ3v) is 8.87. The highest BCUT2D eigenvalue weighted by atomic mass is 16.7. The Kier molecular flexibility index (Phi) is 9.81. The van der Waals surface area contributed by atoms with E-state index >= 15 is 0 Å². The molecule has 3 aliphatic heterocycles. The largest absolute Gasteiger partial charge is 0.462 e. The number of aliphatic hydroxyl groups is 3. The first-order valence-electron chi connectivity index (χ1n) is 13.5. The summed E-state index contributed by atoms with van der Waals surface area (Å²) in [6.45, 7) is 12.4. The van der Waals surface area contributed by atoms with E-state index in [1.54, 1.807) is 41.5 Å². The molecule has 3 rings (SSSR count). The van der Waals surface area contributed by atoms with Crippen LogP contribution in [0.3, 0.4) is 0 Å². The highest BCUT2D eigenvalue weighted by Crippen LogP contribution is 2.41. The summed E-state index contributed by atoms with van der Waals surface area (Å²) in [7, 11) is 1.51. The smallest absolute Gasteiger partial charge is 0.311 e. The molecule has 0 radical (unpaired) electrons. The van der Waals surface area contributed by atoms with Crippen molar-refractivity contribution >= 4 is 11.8 Å². The summed E-state index contributed by atoms with van der Waals surface area (Å²) in [5.41, 5.74) is -1.03. The number of aliphatic hydroxyl groups excluding tert-OH is 3. The number of carbonyl (C=O) groups excluding carboxylic acids is 2. The van der Waals surface area contributed by atoms with Crippen molar-refractivity contribution in [3.63, 3.8) is 0 Å². The van der Waals surface area contributed by atoms with E-state index in [9.17, 15) is 24.9 Å². The first-order valence-corrected chi connectivity index (χ1v) is 13.5. The summed E-state index contributed by atoms with van der Waals surface area (Å²) in [6, 6.07) is 0. The molecule has 0 saturated carbocycles. The van der Waals surface area contributed by atoms with Gasteiger partial charge in [0.05, 0.1) is 43.0 Å². The molecule has 0 aliphatic carbocycles. The highest BCUT2D eigenvalue weighted by Gasteiger charge is 2.56. The third-order valence-electron chi connectivity index (χ3n) is 8.87. The number of esters is 1. The van der Waals surface area contributed by atoms with Gasteiger partial charge in [-0.25, -0.2) is 0 Å². The molecule has 37 heavy (non-hydrogen) atoms. The molecule has 10 heteroatoms. The summed E-state index contributed by atoms with van der Waals surface area (Å²) in [5, 5.41) is 32.6. The topological polar surface area (TPSA) is 144 Å². The van der Waals surface area contributed by atoms with Crippen LogP contribution < -0.4 is 0 Å². The number of methoxy groups -OCH3 is 1. The van der Waals surface area contributed by atoms with Crippen LogP contribution in [0.5, 0.6) is 0 Å². The molecule has 0 amide bonds. The fraction of sp³-hybridized carbons (Fsp3) is 0.926. The number of hydrogen-bond donors (Lipinski definition) is 3. The molecule has 3 aliphatic rings. The maximum absolute atomic E-state index is 13.3. The zero-order chi connectivity index (χ0) is 27.8. The van der Waals surface area contributed by atoms with Gasteiger partial charge in [0.2, 0.25) is 0 Å². The number of epoxide rings is 1. The van der Waals surface area contributed by atoms with Crippen LogP contribution in [0.1, 0.15) is 61.3 Å². The molecule has 0 aromatic carbocycles. The molecule has 3 N–H and O–H groups in total. The van der Waals surface area contributed by atoms with E-state index in [1.807, 2.05) is 6.92 Å². The maximum Gasteiger partial charge on any atom is 0.311 e. The molecule has 14 atom stereocenters. The Bertz CT molecular complexity index is 800. The molecule has 0 unspecified atom stereocenters. The average molecular weight is 531 g/mol. The first kappa shape index (κ1) is 30.4. The summed E-state index contributed by atoms with van der Waals surface area (Å²) in [5.74, 6) is -3.62. The normalized spacial score (nSPS) is 50.4. The fourth-order valence-corrected chi connectivity index (χ4v) is 5.84. The molecule has 3 heterocycles. The summed E-state index contributed by atoms with van der Waals surface area (Å²) < 4.78 is 29.0. The van der Waals surface area contributed by atoms with Crippen LogP contribution in [0, 0.1) is 29.6 Å². The van der Waals surface area contributed by atoms with Gasteiger partial charge in [0.1, 0.15) is 12.2 Å². The molecule has 0 bridgehead atoms. The molecular formula is C27H46O10. The van der Waals surface area contributed by atoms with Gasteiger partial charge in [-0.15, -0.1) is 0 Å². The third kappa shape index (κ3) is 6.37. The maximum atomic E-state index is 13.3. The van der Waals surface area contributed by atoms with Gasteiger partial charge >= 0.3 is 5.97 Å². The van der Waals surface area contributed by atoms with E-state index in [1.165, 1.54) is 7.11 Å². The summed E-state index contributed by atoms with van der Waals surface area (Å²) >= 11 is 0. The predicted octanol–water partition coefficient (Wildman–Crippen LogP) is 1.46. The molecule has 214 valence electrons. The van der Waals surface area contributed by atoms with E-state index in [0.29, 0.717) is 6.42 Å². The second-order valence-electron chi connectivity index (χ2n) is 11.6. The molecule has 1 spiro atoms. The second-order valence-corrected chi connectivity index (χ2v) is 11.6. The molecular weight excluding hydrogens is 484 g/mol. The highest BCUT2D eigenvalue weighted by molar-refractivity contribution is 5.92. The Morgan fingerprint density at radius 3 is 2.05 bits per heavy atom. The molecule has 3 fully saturated rings. The van der Waals surface area contributed by atoms with E-state index < -0.39 is 84.3 Å². The lowest BCUT2D eigenvalue weighted by Gasteiger charge is -2.41. The van der Waals surface area contributed by atoms with Crippen LogP contribution in [0.15, 0.2) is 0 Å². The van der Waals surface area contributed by atoms with Crippen molar-refractivity contribution in [2.24, 2.45) is 29.6 Å². The van der Waals surface area contributed by atoms with E-state index in [4.69, 9.17) is 23.7 Å². The first-order chi connectivity index (χ1) is 17.2. The lowest BCUT2D eigenvalue weighted by atomic mass is 9.76. The Hall–Kier alpha value is -1.14. The van der Waals surface area contributed by atoms with Gasteiger partial charge in [-0.3, -0.25) is 9.59 Å². The SMILES string of the molecule is CO[C@H]1C[C@H](O[C@H]2[C@H](C)[C@@H](O)[C@@H](C)C[C@@]3(CO3)C(=O)[C@H](C)[C@@H](O)[C@@H](C)[C@@H](C)OC(=O)[C@@H]2C)O[C@@H](C)[C@@H]1O. The Morgan fingerprint density at radius 2 is 1.49 bits per heavy atom. The lowest BCUT2D eigenvalue weighted by molar-refractivity contribution is -0.276. The van der Waals surface area contributed by atoms with Gasteiger partial charge in [-0.2, -0.15) is 0 Å². The van der Waals surface area contributed by atoms with Gasteiger partial charge in [-0.1, -0.05) is 27.7 Å². The van der Waals surface area contributed by atoms with Crippen molar-refractivity contribution in [2.45, 2.75) is 116 Å². The van der Waals surface area contributed by atoms with E-state index in [0.717, 1.165) is 0 Å². The molecule has 0 aromatic rings. The monoisotopic (exact) mass is 530 g/mol. The van der Waals surface area contributed by atoms with Crippen LogP contribution in [-0.2, 0) is 33.3 Å². The van der Waals surface area contributed by atoms with Crippen LogP contribution in [0.25, 0.3) is 0 Å². The standard InChI is InChI=1S/C27H46O10/c1-12-10-27(11-34-27)25(31)15(4)22(29)13(2)17(6)36-26(32)16(5)24(14(3)21(12)28)37-20-9-19(33-8)23(30)18(7)35-20/h12-24,28-30H,9-11H2,1-8H3/t12-,13-,14+,15+,16+,17+,18-,19-,20-,21-,22-,23-,24-,27+/m0/s1. The minimum Gasteiger partial charge on any atom is -0.462 e. The van der Waals surface area contributed by atoms with Crippen molar-refractivity contribution in [3.05, 3.63) is 0 Å². The quantitative estimate of drug-likeness (QED) is 0.362. The lowest BCUT2D eigenvalue weighted by Crippen LogP contribution is -2.52. The minimum absolute atomic E-state index is 0.205. The van der Waals surface area contributed by atoms with Crippen molar-refractivity contribution in [1.82, 2.24) is 0 Å². The Balaban J connectivity index is 1.90. The Morgan fingerprint density at radius 1 is 0.865 bits per heavy atom. The predicted molar refractivity (Wildman–Crippen MR) is 132 cm³/mol. The van der Waals surface area contributed by atoms with Crippen molar-refractivity contribution < 1.29 is 48.6 Å². The van der Waals surface area contributed by atoms with Crippen LogP contribution in [-0.4, -0.2) is 95.4 Å². The van der Waals surface area contributed by atoms with Crippen molar-refractivity contribution in [1.29, 1.82) is 0 Å². The number of ether oxygens (including phenoxy) is 5. The summed E-state index contributed by atoms with van der Waals surface area (Å²) in [6.07, 6.45) is -5.53. The molecule has 0 aromatic heterocycles. The zero-order valence-corrected chi connectivity index (χ0v) is 23.3. The van der Waals surface area contributed by atoms with Gasteiger partial charge in [0.25, 0.3) is 0 Å². The van der Waals surface area contributed by atoms with Crippen LogP contribution in [0.2, 0.25) is 0 Å².